The average Bonchev–Trinajstić information content (AvgIpc) is 2.65. The lowest BCUT2D eigenvalue weighted by Gasteiger charge is -2.01. The maximum atomic E-state index is 11.5. The van der Waals surface area contributed by atoms with E-state index in [1.54, 1.807) is 18.2 Å². The summed E-state index contributed by atoms with van der Waals surface area (Å²) in [5.41, 5.74) is 6.82. The minimum Gasteiger partial charge on any atom is -0.475 e. The van der Waals surface area contributed by atoms with Crippen LogP contribution in [-0.2, 0) is 21.2 Å². The molecule has 20 heavy (non-hydrogen) atoms. The molecule has 10 heteroatoms. The van der Waals surface area contributed by atoms with E-state index in [-0.39, 0.29) is 5.12 Å². The lowest BCUT2D eigenvalue weighted by Crippen LogP contribution is -2.21. The summed E-state index contributed by atoms with van der Waals surface area (Å²) in [5, 5.41) is 7.00. The molecule has 3 N–H and O–H groups in total. The van der Waals surface area contributed by atoms with Crippen LogP contribution in [0.1, 0.15) is 15.9 Å². The van der Waals surface area contributed by atoms with Crippen molar-refractivity contribution in [2.24, 2.45) is 5.73 Å². The van der Waals surface area contributed by atoms with Crippen LogP contribution >= 0.6 is 10.8 Å². The second-order valence-electron chi connectivity index (χ2n) is 3.41. The fraction of sp³-hybridized carbons (Fsp3) is 0.200. The van der Waals surface area contributed by atoms with Gasteiger partial charge in [0, 0.05) is 22.9 Å². The van der Waals surface area contributed by atoms with E-state index in [0.29, 0.717) is 17.0 Å². The number of carboxylic acids is 1. The molecule has 1 aliphatic rings. The van der Waals surface area contributed by atoms with Crippen molar-refractivity contribution in [1.29, 1.82) is 0 Å². The van der Waals surface area contributed by atoms with Crippen LogP contribution in [0.2, 0.25) is 0 Å². The molecule has 1 aliphatic heterocycles. The summed E-state index contributed by atoms with van der Waals surface area (Å²) < 4.78 is 43.2. The monoisotopic (exact) mass is 327 g/mol. The number of carboxylic acid groups (broad SMARTS) is 1. The van der Waals surface area contributed by atoms with Crippen molar-refractivity contribution in [2.75, 3.05) is 0 Å². The molecular weight excluding hydrogens is 319 g/mol. The van der Waals surface area contributed by atoms with Gasteiger partial charge >= 0.3 is 12.1 Å². The molecule has 0 amide bonds. The number of nitrogens with two attached hydrogens (primary N) is 1. The Morgan fingerprint density at radius 1 is 1.40 bits per heavy atom. The highest BCUT2D eigenvalue weighted by atomic mass is 33.1. The topological polar surface area (TPSA) is 97.5 Å². The summed E-state index contributed by atoms with van der Waals surface area (Å²) in [6.45, 7) is 0.322. The SMILES string of the molecule is NCc1cccc2c1S(=O)SC2=O.O=C(O)C(F)(F)F. The maximum Gasteiger partial charge on any atom is 0.490 e. The van der Waals surface area contributed by atoms with Crippen molar-refractivity contribution in [3.63, 3.8) is 0 Å². The molecule has 0 saturated carbocycles. The van der Waals surface area contributed by atoms with Gasteiger partial charge in [0.25, 0.3) is 0 Å². The largest absolute Gasteiger partial charge is 0.490 e. The van der Waals surface area contributed by atoms with Gasteiger partial charge in [-0.3, -0.25) is 4.79 Å². The third kappa shape index (κ3) is 3.81. The molecule has 1 unspecified atom stereocenters. The molecule has 1 aromatic carbocycles. The normalized spacial score (nSPS) is 17.2. The van der Waals surface area contributed by atoms with Crippen molar-refractivity contribution >= 4 is 31.7 Å². The smallest absolute Gasteiger partial charge is 0.475 e. The van der Waals surface area contributed by atoms with Crippen LogP contribution in [0.3, 0.4) is 0 Å². The van der Waals surface area contributed by atoms with E-state index in [0.717, 1.165) is 16.4 Å². The summed E-state index contributed by atoms with van der Waals surface area (Å²) in [4.78, 5) is 20.8. The first-order valence-corrected chi connectivity index (χ1v) is 7.43. The number of alkyl halides is 3. The molecule has 0 aliphatic carbocycles. The number of carbonyl (C=O) groups excluding carboxylic acids is 1. The first-order chi connectivity index (χ1) is 9.18. The van der Waals surface area contributed by atoms with Crippen molar-refractivity contribution < 1.29 is 32.1 Å². The maximum absolute atomic E-state index is 11.5. The second kappa shape index (κ2) is 6.37. The number of carbonyl (C=O) groups is 2. The number of aliphatic carboxylic acids is 1. The second-order valence-corrected chi connectivity index (χ2v) is 6.23. The summed E-state index contributed by atoms with van der Waals surface area (Å²) in [6.07, 6.45) is -5.08. The van der Waals surface area contributed by atoms with Gasteiger partial charge in [-0.2, -0.15) is 13.2 Å². The van der Waals surface area contributed by atoms with Crippen molar-refractivity contribution in [1.82, 2.24) is 0 Å². The molecule has 0 radical (unpaired) electrons. The zero-order valence-corrected chi connectivity index (χ0v) is 11.3. The average molecular weight is 327 g/mol. The number of hydrogen-bond donors (Lipinski definition) is 2. The number of benzene rings is 1. The van der Waals surface area contributed by atoms with E-state index in [4.69, 9.17) is 15.6 Å². The molecule has 0 saturated heterocycles. The minimum atomic E-state index is -5.08. The zero-order chi connectivity index (χ0) is 15.5. The highest BCUT2D eigenvalue weighted by Gasteiger charge is 2.38. The Labute approximate surface area is 117 Å². The quantitative estimate of drug-likeness (QED) is 0.762. The fourth-order valence-electron chi connectivity index (χ4n) is 1.26. The van der Waals surface area contributed by atoms with Crippen molar-refractivity contribution in [3.05, 3.63) is 29.3 Å². The predicted molar refractivity (Wildman–Crippen MR) is 66.4 cm³/mol. The van der Waals surface area contributed by atoms with Gasteiger partial charge in [0.15, 0.2) is 0 Å². The van der Waals surface area contributed by atoms with Crippen LogP contribution < -0.4 is 5.73 Å². The van der Waals surface area contributed by atoms with Gasteiger partial charge in [-0.1, -0.05) is 12.1 Å². The summed E-state index contributed by atoms with van der Waals surface area (Å²) in [7, 11) is -0.396. The standard InChI is InChI=1S/C8H7NO2S2.C2HF3O2/c9-4-5-2-1-3-6-7(5)13(11)12-8(6)10;3-2(4,5)1(6)7/h1-3H,4,9H2;(H,6,7). The lowest BCUT2D eigenvalue weighted by molar-refractivity contribution is -0.192. The Morgan fingerprint density at radius 2 is 1.95 bits per heavy atom. The Hall–Kier alpha value is -1.39. The van der Waals surface area contributed by atoms with Gasteiger partial charge in [0.05, 0.1) is 4.90 Å². The summed E-state index contributed by atoms with van der Waals surface area (Å²) >= 11 is 0. The molecular formula is C10H8F3NO4S2. The molecule has 0 fully saturated rings. The van der Waals surface area contributed by atoms with Gasteiger partial charge in [-0.05, 0) is 11.6 Å². The Balaban J connectivity index is 0.000000246. The van der Waals surface area contributed by atoms with Crippen LogP contribution in [0.5, 0.6) is 0 Å². The molecule has 1 aromatic rings. The predicted octanol–water partition coefficient (Wildman–Crippen LogP) is 1.69. The molecule has 110 valence electrons. The van der Waals surface area contributed by atoms with Crippen molar-refractivity contribution in [3.8, 4) is 0 Å². The van der Waals surface area contributed by atoms with Crippen LogP contribution in [0.25, 0.3) is 0 Å². The van der Waals surface area contributed by atoms with Crippen LogP contribution in [0, 0.1) is 0 Å². The van der Waals surface area contributed by atoms with E-state index in [1.807, 2.05) is 0 Å². The minimum absolute atomic E-state index is 0.122. The van der Waals surface area contributed by atoms with E-state index in [2.05, 4.69) is 0 Å². The van der Waals surface area contributed by atoms with Crippen LogP contribution in [0.4, 0.5) is 13.2 Å². The molecule has 0 aromatic heterocycles. The third-order valence-corrected chi connectivity index (χ3v) is 4.84. The van der Waals surface area contributed by atoms with Crippen LogP contribution in [0.15, 0.2) is 23.1 Å². The zero-order valence-electron chi connectivity index (χ0n) is 9.64. The van der Waals surface area contributed by atoms with Gasteiger partial charge in [-0.25, -0.2) is 9.00 Å². The molecule has 1 atom stereocenters. The van der Waals surface area contributed by atoms with Crippen LogP contribution in [-0.4, -0.2) is 26.6 Å². The highest BCUT2D eigenvalue weighted by molar-refractivity contribution is 8.76. The van der Waals surface area contributed by atoms with Gasteiger partial charge in [-0.15, -0.1) is 0 Å². The third-order valence-electron chi connectivity index (χ3n) is 2.10. The Morgan fingerprint density at radius 3 is 2.40 bits per heavy atom. The highest BCUT2D eigenvalue weighted by Crippen LogP contribution is 2.36. The van der Waals surface area contributed by atoms with Gasteiger partial charge in [0.1, 0.15) is 9.83 Å². The fourth-order valence-corrected chi connectivity index (χ4v) is 4.03. The molecule has 0 spiro atoms. The Bertz CT molecular complexity index is 574. The number of hydrogen-bond acceptors (Lipinski definition) is 5. The number of fused-ring (bicyclic) bond motifs is 1. The molecule has 5 nitrogen and oxygen atoms in total. The number of halogens is 3. The van der Waals surface area contributed by atoms with E-state index in [1.165, 1.54) is 0 Å². The summed E-state index contributed by atoms with van der Waals surface area (Å²) in [5.74, 6) is -2.76. The Kier molecular flexibility index (Phi) is 5.31. The van der Waals surface area contributed by atoms with E-state index in [9.17, 15) is 22.2 Å². The molecule has 2 rings (SSSR count). The van der Waals surface area contributed by atoms with Crippen molar-refractivity contribution in [2.45, 2.75) is 17.6 Å². The van der Waals surface area contributed by atoms with E-state index < -0.39 is 22.0 Å². The number of rotatable bonds is 1. The molecule has 0 bridgehead atoms. The van der Waals surface area contributed by atoms with Gasteiger partial charge in [0.2, 0.25) is 5.12 Å². The first-order valence-electron chi connectivity index (χ1n) is 4.95. The van der Waals surface area contributed by atoms with Gasteiger partial charge < -0.3 is 10.8 Å². The molecule has 1 heterocycles. The lowest BCUT2D eigenvalue weighted by atomic mass is 10.1. The van der Waals surface area contributed by atoms with E-state index >= 15 is 0 Å². The summed E-state index contributed by atoms with van der Waals surface area (Å²) in [6, 6.07) is 5.26. The first kappa shape index (κ1) is 16.7.